The average molecular weight is 1060 g/mol. The van der Waals surface area contributed by atoms with Gasteiger partial charge in [0.1, 0.15) is 64.2 Å². The Hall–Kier alpha value is -4.75. The van der Waals surface area contributed by atoms with Crippen molar-refractivity contribution in [3.8, 4) is 6.07 Å². The topological polar surface area (TPSA) is 244 Å². The third kappa shape index (κ3) is 18.2. The van der Waals surface area contributed by atoms with E-state index in [2.05, 4.69) is 90.8 Å². The summed E-state index contributed by atoms with van der Waals surface area (Å²) in [5, 5.41) is 16.7. The maximum Gasteiger partial charge on any atom is 0.189 e. The standard InChI is InChI=1S/C19H26N8OS.C15H26N6O.C10H21N3O.C5H6ClN3/c1-15-17(24-19-21-13-16(12-20)29-19)22-14-23-18(15)27-6-4-25(5-7-27)2-3-26-8-10-28-11-9-26;1-13-14(16)17-12-18-15(13)21-6-4-19(5-7-21)2-3-20-8-10-22-11-9-20;1-3-12(4-2-11-1)5-6-13-7-9-14-10-8-13;1-3-4(6)8-2-9-5(3)7/h13-14H,2-11H2,1H3,(H,21,22,23,24);12H,2-11H2,1H3,(H2,16,17,18);11H,1-10H2;2H,1H3,(H2,7,8,9). The van der Waals surface area contributed by atoms with E-state index >= 15 is 0 Å². The summed E-state index contributed by atoms with van der Waals surface area (Å²) in [6.45, 7) is 37.4. The molecule has 6 aliphatic rings. The Bertz CT molecular complexity index is 2250. The fourth-order valence-corrected chi connectivity index (χ4v) is 9.96. The summed E-state index contributed by atoms with van der Waals surface area (Å²) in [7, 11) is 0. The van der Waals surface area contributed by atoms with Gasteiger partial charge in [0, 0.05) is 174 Å². The molecule has 0 unspecified atom stereocenters. The average Bonchev–Trinajstić information content (AvgIpc) is 3.92. The van der Waals surface area contributed by atoms with Gasteiger partial charge in [0.25, 0.3) is 0 Å². The Morgan fingerprint density at radius 2 is 0.946 bits per heavy atom. The number of nitrogens with two attached hydrogens (primary N) is 2. The molecule has 23 nitrogen and oxygen atoms in total. The van der Waals surface area contributed by atoms with E-state index in [1.807, 2.05) is 13.8 Å². The number of aromatic nitrogens is 7. The van der Waals surface area contributed by atoms with E-state index < -0.39 is 0 Å². The molecule has 25 heteroatoms. The lowest BCUT2D eigenvalue weighted by Gasteiger charge is -2.37. The number of hydrogen-bond acceptors (Lipinski definition) is 24. The van der Waals surface area contributed by atoms with Gasteiger partial charge in [-0.1, -0.05) is 22.9 Å². The second kappa shape index (κ2) is 30.7. The van der Waals surface area contributed by atoms with Crippen LogP contribution in [0.15, 0.2) is 25.2 Å². The summed E-state index contributed by atoms with van der Waals surface area (Å²) < 4.78 is 16.1. The molecule has 6 aliphatic heterocycles. The summed E-state index contributed by atoms with van der Waals surface area (Å²) in [4.78, 5) is 49.3. The number of hydrogen-bond donors (Lipinski definition) is 4. The highest BCUT2D eigenvalue weighted by atomic mass is 35.5. The van der Waals surface area contributed by atoms with Crippen LogP contribution in [0.1, 0.15) is 21.6 Å². The summed E-state index contributed by atoms with van der Waals surface area (Å²) in [6, 6.07) is 2.11. The van der Waals surface area contributed by atoms with Crippen LogP contribution in [0.5, 0.6) is 0 Å². The van der Waals surface area contributed by atoms with E-state index in [-0.39, 0.29) is 0 Å². The molecular weight excluding hydrogens is 984 g/mol. The first kappa shape index (κ1) is 57.0. The van der Waals surface area contributed by atoms with E-state index in [1.54, 1.807) is 25.8 Å². The number of thiazole rings is 1. The maximum atomic E-state index is 8.97. The number of piperazine rings is 3. The van der Waals surface area contributed by atoms with E-state index in [0.29, 0.717) is 26.8 Å². The van der Waals surface area contributed by atoms with Gasteiger partial charge in [0.2, 0.25) is 0 Å². The number of nitrogen functional groups attached to an aromatic ring is 2. The summed E-state index contributed by atoms with van der Waals surface area (Å²) in [5.41, 5.74) is 14.0. The van der Waals surface area contributed by atoms with Crippen molar-refractivity contribution < 1.29 is 14.2 Å². The molecule has 0 aromatic carbocycles. The molecule has 10 rings (SSSR count). The summed E-state index contributed by atoms with van der Waals surface area (Å²) >= 11 is 6.90. The zero-order valence-corrected chi connectivity index (χ0v) is 45.4. The van der Waals surface area contributed by atoms with Crippen LogP contribution in [-0.2, 0) is 14.2 Å². The second-order valence-electron chi connectivity index (χ2n) is 18.9. The molecule has 4 aromatic heterocycles. The molecule has 6 fully saturated rings. The first-order valence-electron chi connectivity index (χ1n) is 26.2. The number of rotatable bonds is 13. The highest BCUT2D eigenvalue weighted by molar-refractivity contribution is 7.16. The number of nitrogens with one attached hydrogen (secondary N) is 2. The molecule has 0 atom stereocenters. The highest BCUT2D eigenvalue weighted by Crippen LogP contribution is 2.28. The molecule has 10 heterocycles. The lowest BCUT2D eigenvalue weighted by atomic mass is 10.2. The predicted octanol–water partition coefficient (Wildman–Crippen LogP) is 1.38. The van der Waals surface area contributed by atoms with E-state index in [9.17, 15) is 0 Å². The third-order valence-electron chi connectivity index (χ3n) is 14.1. The van der Waals surface area contributed by atoms with Crippen molar-refractivity contribution >= 4 is 57.2 Å². The fraction of sp³-hybridized carbons (Fsp3) is 0.673. The molecule has 0 radical (unpaired) electrons. The molecule has 6 saturated heterocycles. The Morgan fingerprint density at radius 3 is 1.38 bits per heavy atom. The van der Waals surface area contributed by atoms with Gasteiger partial charge in [0.05, 0.1) is 45.8 Å². The molecule has 4 aromatic rings. The monoisotopic (exact) mass is 1060 g/mol. The van der Waals surface area contributed by atoms with Gasteiger partial charge in [-0.25, -0.2) is 34.9 Å². The minimum Gasteiger partial charge on any atom is -0.383 e. The first-order valence-corrected chi connectivity index (χ1v) is 27.3. The van der Waals surface area contributed by atoms with E-state index in [0.717, 1.165) is 205 Å². The van der Waals surface area contributed by atoms with Crippen molar-refractivity contribution in [2.45, 2.75) is 20.8 Å². The molecule has 406 valence electrons. The minimum absolute atomic E-state index is 0.419. The normalized spacial score (nSPS) is 19.8. The minimum atomic E-state index is 0.419. The predicted molar refractivity (Wildman–Crippen MR) is 293 cm³/mol. The Kier molecular flexibility index (Phi) is 23.6. The maximum absolute atomic E-state index is 8.97. The Labute approximate surface area is 446 Å². The molecule has 0 aliphatic carbocycles. The van der Waals surface area contributed by atoms with E-state index in [4.69, 9.17) is 42.5 Å². The van der Waals surface area contributed by atoms with Crippen LogP contribution < -0.4 is 31.9 Å². The van der Waals surface area contributed by atoms with Crippen molar-refractivity contribution in [2.75, 3.05) is 223 Å². The largest absolute Gasteiger partial charge is 0.383 e. The van der Waals surface area contributed by atoms with Crippen LogP contribution in [0.2, 0.25) is 5.15 Å². The van der Waals surface area contributed by atoms with Crippen molar-refractivity contribution in [1.82, 2.24) is 69.6 Å². The summed E-state index contributed by atoms with van der Waals surface area (Å²) in [6.07, 6.45) is 6.06. The van der Waals surface area contributed by atoms with Crippen LogP contribution in [0.4, 0.5) is 34.2 Å². The SMILES string of the molecule is C1CN(CCN2CCOCC2)CCN1.Cc1c(N)ncnc1Cl.Cc1c(N)ncnc1N1CCN(CCN2CCOCC2)CC1.Cc1c(Nc2ncc(C#N)s2)ncnc1N1CCN(CCN2CCOCC2)CC1. The van der Waals surface area contributed by atoms with Crippen molar-refractivity contribution in [3.63, 3.8) is 0 Å². The first-order chi connectivity index (χ1) is 36.1. The molecule has 0 bridgehead atoms. The lowest BCUT2D eigenvalue weighted by Crippen LogP contribution is -2.49. The number of nitriles is 1. The highest BCUT2D eigenvalue weighted by Gasteiger charge is 2.24. The van der Waals surface area contributed by atoms with E-state index in [1.165, 1.54) is 43.8 Å². The van der Waals surface area contributed by atoms with Gasteiger partial charge in [-0.3, -0.25) is 29.4 Å². The van der Waals surface area contributed by atoms with Gasteiger partial charge in [-0.2, -0.15) is 5.26 Å². The summed E-state index contributed by atoms with van der Waals surface area (Å²) in [5.74, 6) is 3.71. The van der Waals surface area contributed by atoms with Crippen LogP contribution in [0, 0.1) is 32.1 Å². The van der Waals surface area contributed by atoms with Crippen molar-refractivity contribution in [1.29, 1.82) is 5.26 Å². The van der Waals surface area contributed by atoms with Gasteiger partial charge in [-0.15, -0.1) is 0 Å². The molecule has 0 spiro atoms. The number of nitrogens with zero attached hydrogens (tertiary/aromatic N) is 16. The van der Waals surface area contributed by atoms with Gasteiger partial charge in [0.15, 0.2) is 5.13 Å². The Morgan fingerprint density at radius 1 is 0.541 bits per heavy atom. The fourth-order valence-electron chi connectivity index (χ4n) is 9.21. The molecule has 0 amide bonds. The zero-order chi connectivity index (χ0) is 51.9. The van der Waals surface area contributed by atoms with Crippen LogP contribution in [-0.4, -0.2) is 261 Å². The number of anilines is 6. The van der Waals surface area contributed by atoms with Gasteiger partial charge in [-0.05, 0) is 20.8 Å². The van der Waals surface area contributed by atoms with Crippen molar-refractivity contribution in [3.05, 3.63) is 51.9 Å². The zero-order valence-electron chi connectivity index (χ0n) is 43.8. The molecule has 0 saturated carbocycles. The quantitative estimate of drug-likeness (QED) is 0.138. The number of morpholine rings is 3. The number of ether oxygens (including phenoxy) is 3. The van der Waals surface area contributed by atoms with Crippen LogP contribution in [0.25, 0.3) is 0 Å². The number of halogens is 1. The third-order valence-corrected chi connectivity index (χ3v) is 15.3. The molecule has 74 heavy (non-hydrogen) atoms. The smallest absolute Gasteiger partial charge is 0.189 e. The lowest BCUT2D eigenvalue weighted by molar-refractivity contribution is 0.0328. The second-order valence-corrected chi connectivity index (χ2v) is 20.3. The van der Waals surface area contributed by atoms with Crippen LogP contribution in [0.3, 0.4) is 0 Å². The van der Waals surface area contributed by atoms with Crippen LogP contribution >= 0.6 is 22.9 Å². The molecular formula is C49H79ClN20O3S. The van der Waals surface area contributed by atoms with Gasteiger partial charge >= 0.3 is 0 Å². The van der Waals surface area contributed by atoms with Crippen molar-refractivity contribution in [2.24, 2.45) is 0 Å². The van der Waals surface area contributed by atoms with Gasteiger partial charge < -0.3 is 46.1 Å². The molecule has 6 N–H and O–H groups in total. The Balaban J connectivity index is 0.000000156.